The van der Waals surface area contributed by atoms with Crippen molar-refractivity contribution in [1.82, 2.24) is 14.9 Å². The molecular weight excluding hydrogens is 300 g/mol. The highest BCUT2D eigenvalue weighted by molar-refractivity contribution is 6.01. The summed E-state index contributed by atoms with van der Waals surface area (Å²) in [4.78, 5) is 22.3. The van der Waals surface area contributed by atoms with Crippen LogP contribution in [0.5, 0.6) is 0 Å². The van der Waals surface area contributed by atoms with Crippen LogP contribution in [0, 0.1) is 6.92 Å². The highest BCUT2D eigenvalue weighted by Gasteiger charge is 2.34. The van der Waals surface area contributed by atoms with Gasteiger partial charge in [0.2, 0.25) is 0 Å². The Hall–Kier alpha value is -3.08. The molecule has 3 aromatic rings. The zero-order chi connectivity index (χ0) is 16.5. The molecule has 0 unspecified atom stereocenters. The second-order valence-corrected chi connectivity index (χ2v) is 5.99. The highest BCUT2D eigenvalue weighted by atomic mass is 16.2. The number of nitrogens with zero attached hydrogens (tertiary/aromatic N) is 2. The minimum absolute atomic E-state index is 0.00586. The molecule has 5 heteroatoms. The summed E-state index contributed by atoms with van der Waals surface area (Å²) in [7, 11) is 0. The van der Waals surface area contributed by atoms with E-state index in [2.05, 4.69) is 46.5 Å². The lowest BCUT2D eigenvalue weighted by molar-refractivity contribution is 0.0659. The number of rotatable bonds is 3. The molecule has 1 atom stereocenters. The predicted octanol–water partition coefficient (Wildman–Crippen LogP) is 3.48. The Morgan fingerprint density at radius 2 is 1.92 bits per heavy atom. The van der Waals surface area contributed by atoms with Crippen molar-refractivity contribution in [3.63, 3.8) is 0 Å². The molecule has 1 aliphatic rings. The van der Waals surface area contributed by atoms with Gasteiger partial charge in [-0.2, -0.15) is 0 Å². The van der Waals surface area contributed by atoms with E-state index in [0.717, 1.165) is 17.1 Å². The Morgan fingerprint density at radius 1 is 1.12 bits per heavy atom. The van der Waals surface area contributed by atoms with Crippen LogP contribution in [0.1, 0.15) is 33.5 Å². The number of carbonyl (C=O) groups is 1. The maximum absolute atomic E-state index is 13.0. The molecule has 4 rings (SSSR count). The van der Waals surface area contributed by atoms with E-state index in [1.807, 2.05) is 29.2 Å². The molecule has 0 bridgehead atoms. The fourth-order valence-corrected chi connectivity index (χ4v) is 2.99. The van der Waals surface area contributed by atoms with Crippen LogP contribution in [0.25, 0.3) is 0 Å². The maximum atomic E-state index is 13.0. The molecule has 2 aromatic carbocycles. The molecule has 2 N–H and O–H groups in total. The number of H-pyrrole nitrogens is 1. The van der Waals surface area contributed by atoms with Crippen LogP contribution in [-0.4, -0.2) is 20.8 Å². The van der Waals surface area contributed by atoms with Gasteiger partial charge in [0.1, 0.15) is 5.82 Å². The number of benzene rings is 2. The van der Waals surface area contributed by atoms with Crippen molar-refractivity contribution >= 4 is 11.6 Å². The van der Waals surface area contributed by atoms with Gasteiger partial charge in [0, 0.05) is 24.6 Å². The molecule has 0 saturated heterocycles. The molecule has 0 aliphatic carbocycles. The van der Waals surface area contributed by atoms with E-state index in [1.54, 1.807) is 12.4 Å². The molecule has 2 heterocycles. The third-order valence-electron chi connectivity index (χ3n) is 4.27. The largest absolute Gasteiger partial charge is 0.358 e. The number of fused-ring (bicyclic) bond motifs is 1. The van der Waals surface area contributed by atoms with Gasteiger partial charge in [-0.05, 0) is 24.6 Å². The van der Waals surface area contributed by atoms with Crippen LogP contribution in [0.2, 0.25) is 0 Å². The van der Waals surface area contributed by atoms with Crippen molar-refractivity contribution in [1.29, 1.82) is 0 Å². The number of anilines is 1. The van der Waals surface area contributed by atoms with Crippen molar-refractivity contribution in [2.75, 3.05) is 5.32 Å². The number of hydrogen-bond donors (Lipinski definition) is 2. The topological polar surface area (TPSA) is 61.0 Å². The number of nitrogens with one attached hydrogen (secondary N) is 2. The minimum atomic E-state index is -0.316. The van der Waals surface area contributed by atoms with Crippen molar-refractivity contribution < 1.29 is 4.79 Å². The third-order valence-corrected chi connectivity index (χ3v) is 4.27. The Balaban J connectivity index is 1.73. The Bertz CT molecular complexity index is 855. The minimum Gasteiger partial charge on any atom is -0.358 e. The molecule has 0 saturated carbocycles. The lowest BCUT2D eigenvalue weighted by Gasteiger charge is -2.36. The highest BCUT2D eigenvalue weighted by Crippen LogP contribution is 2.32. The summed E-state index contributed by atoms with van der Waals surface area (Å²) < 4.78 is 0. The molecule has 120 valence electrons. The van der Waals surface area contributed by atoms with Gasteiger partial charge in [0.05, 0.1) is 5.56 Å². The standard InChI is InChI=1S/C19H18N4O/c1-13-6-8-14(9-7-13)12-23-18(17-20-10-11-21-17)22-16-5-3-2-4-15(16)19(23)24/h2-11,18,22H,12H2,1H3,(H,20,21)/t18-/m1/s1. The number of hydrogen-bond acceptors (Lipinski definition) is 3. The maximum Gasteiger partial charge on any atom is 0.258 e. The van der Waals surface area contributed by atoms with E-state index in [0.29, 0.717) is 12.1 Å². The Morgan fingerprint density at radius 3 is 2.67 bits per heavy atom. The van der Waals surface area contributed by atoms with Crippen molar-refractivity contribution in [3.8, 4) is 0 Å². The first-order chi connectivity index (χ1) is 11.7. The lowest BCUT2D eigenvalue weighted by Crippen LogP contribution is -2.42. The molecule has 1 amide bonds. The monoisotopic (exact) mass is 318 g/mol. The second kappa shape index (κ2) is 5.85. The summed E-state index contributed by atoms with van der Waals surface area (Å²) in [6.07, 6.45) is 3.15. The van der Waals surface area contributed by atoms with Gasteiger partial charge < -0.3 is 15.2 Å². The summed E-state index contributed by atoms with van der Waals surface area (Å²) in [6, 6.07) is 15.8. The number of carbonyl (C=O) groups excluding carboxylic acids is 1. The number of aromatic nitrogens is 2. The lowest BCUT2D eigenvalue weighted by atomic mass is 10.1. The quantitative estimate of drug-likeness (QED) is 0.777. The number of para-hydroxylation sites is 1. The molecule has 0 fully saturated rings. The zero-order valence-electron chi connectivity index (χ0n) is 13.4. The molecule has 24 heavy (non-hydrogen) atoms. The van der Waals surface area contributed by atoms with Gasteiger partial charge in [-0.1, -0.05) is 42.0 Å². The van der Waals surface area contributed by atoms with E-state index in [1.165, 1.54) is 5.56 Å². The molecule has 1 aliphatic heterocycles. The molecular formula is C19H18N4O. The van der Waals surface area contributed by atoms with Crippen molar-refractivity contribution in [2.24, 2.45) is 0 Å². The first-order valence-electron chi connectivity index (χ1n) is 7.94. The molecule has 1 aromatic heterocycles. The van der Waals surface area contributed by atoms with Crippen LogP contribution in [0.4, 0.5) is 5.69 Å². The van der Waals surface area contributed by atoms with Crippen LogP contribution >= 0.6 is 0 Å². The number of aromatic amines is 1. The van der Waals surface area contributed by atoms with Gasteiger partial charge in [0.15, 0.2) is 6.17 Å². The summed E-state index contributed by atoms with van der Waals surface area (Å²) in [5.41, 5.74) is 3.82. The Kier molecular flexibility index (Phi) is 3.54. The fourth-order valence-electron chi connectivity index (χ4n) is 2.99. The van der Waals surface area contributed by atoms with Crippen LogP contribution < -0.4 is 5.32 Å². The number of amides is 1. The average molecular weight is 318 g/mol. The third kappa shape index (κ3) is 2.54. The summed E-state index contributed by atoms with van der Waals surface area (Å²) in [5, 5.41) is 3.42. The smallest absolute Gasteiger partial charge is 0.258 e. The van der Waals surface area contributed by atoms with Gasteiger partial charge in [-0.25, -0.2) is 4.98 Å². The first-order valence-corrected chi connectivity index (χ1v) is 7.94. The SMILES string of the molecule is Cc1ccc(CN2C(=O)c3ccccc3N[C@H]2c2ncc[nH]2)cc1. The van der Waals surface area contributed by atoms with Gasteiger partial charge in [0.25, 0.3) is 5.91 Å². The normalized spacial score (nSPS) is 16.6. The van der Waals surface area contributed by atoms with Crippen LogP contribution in [-0.2, 0) is 6.54 Å². The Labute approximate surface area is 140 Å². The van der Waals surface area contributed by atoms with Gasteiger partial charge in [-0.15, -0.1) is 0 Å². The number of imidazole rings is 1. The van der Waals surface area contributed by atoms with Crippen LogP contribution in [0.15, 0.2) is 60.9 Å². The van der Waals surface area contributed by atoms with E-state index in [4.69, 9.17) is 0 Å². The summed E-state index contributed by atoms with van der Waals surface area (Å²) >= 11 is 0. The predicted molar refractivity (Wildman–Crippen MR) is 92.4 cm³/mol. The molecule has 0 radical (unpaired) electrons. The van der Waals surface area contributed by atoms with E-state index in [-0.39, 0.29) is 12.1 Å². The van der Waals surface area contributed by atoms with E-state index in [9.17, 15) is 4.79 Å². The summed E-state index contributed by atoms with van der Waals surface area (Å²) in [5.74, 6) is 0.733. The van der Waals surface area contributed by atoms with Crippen molar-refractivity contribution in [2.45, 2.75) is 19.6 Å². The van der Waals surface area contributed by atoms with Crippen molar-refractivity contribution in [3.05, 3.63) is 83.4 Å². The van der Waals surface area contributed by atoms with Gasteiger partial charge >= 0.3 is 0 Å². The molecule has 0 spiro atoms. The molecule has 5 nitrogen and oxygen atoms in total. The fraction of sp³-hybridized carbons (Fsp3) is 0.158. The second-order valence-electron chi connectivity index (χ2n) is 5.99. The summed E-state index contributed by atoms with van der Waals surface area (Å²) in [6.45, 7) is 2.57. The van der Waals surface area contributed by atoms with E-state index >= 15 is 0 Å². The van der Waals surface area contributed by atoms with Crippen LogP contribution in [0.3, 0.4) is 0 Å². The van der Waals surface area contributed by atoms with Gasteiger partial charge in [-0.3, -0.25) is 4.79 Å². The average Bonchev–Trinajstić information content (AvgIpc) is 3.13. The first kappa shape index (κ1) is 14.5. The zero-order valence-corrected chi connectivity index (χ0v) is 13.4. The van der Waals surface area contributed by atoms with E-state index < -0.39 is 0 Å². The number of aryl methyl sites for hydroxylation is 1.